The number of fused-ring (bicyclic) bond motifs is 1. The van der Waals surface area contributed by atoms with Gasteiger partial charge in [-0.15, -0.1) is 10.2 Å². The minimum absolute atomic E-state index is 0.0748. The maximum atomic E-state index is 12.8. The molecule has 4 rings (SSSR count). The first-order valence-corrected chi connectivity index (χ1v) is 9.91. The van der Waals surface area contributed by atoms with E-state index in [1.54, 1.807) is 12.4 Å². The number of rotatable bonds is 4. The molecular formula is C21H26N8O. The number of piperazine rings is 1. The van der Waals surface area contributed by atoms with Crippen LogP contribution in [-0.4, -0.2) is 85.3 Å². The molecule has 9 heteroatoms. The number of hydrogen-bond acceptors (Lipinski definition) is 8. The van der Waals surface area contributed by atoms with Crippen LogP contribution in [0.2, 0.25) is 0 Å². The first kappa shape index (κ1) is 19.8. The zero-order chi connectivity index (χ0) is 21.3. The predicted molar refractivity (Wildman–Crippen MR) is 118 cm³/mol. The second-order valence-electron chi connectivity index (χ2n) is 7.74. The van der Waals surface area contributed by atoms with Gasteiger partial charge in [-0.05, 0) is 30.3 Å². The second kappa shape index (κ2) is 8.10. The molecule has 1 aliphatic heterocycles. The van der Waals surface area contributed by atoms with E-state index in [0.717, 1.165) is 41.3 Å². The highest BCUT2D eigenvalue weighted by Crippen LogP contribution is 2.27. The average molecular weight is 406 g/mol. The van der Waals surface area contributed by atoms with E-state index in [2.05, 4.69) is 37.2 Å². The number of hydrogen-bond donors (Lipinski definition) is 0. The van der Waals surface area contributed by atoms with Crippen LogP contribution in [0.15, 0.2) is 36.7 Å². The summed E-state index contributed by atoms with van der Waals surface area (Å²) in [6, 6.07) is 9.79. The summed E-state index contributed by atoms with van der Waals surface area (Å²) in [5.74, 6) is 1.55. The molecule has 2 aromatic heterocycles. The van der Waals surface area contributed by atoms with Gasteiger partial charge in [-0.2, -0.15) is 0 Å². The van der Waals surface area contributed by atoms with Crippen molar-refractivity contribution in [2.75, 3.05) is 69.1 Å². The minimum Gasteiger partial charge on any atom is -0.368 e. The molecule has 1 aromatic carbocycles. The van der Waals surface area contributed by atoms with Gasteiger partial charge >= 0.3 is 0 Å². The molecule has 1 aliphatic rings. The van der Waals surface area contributed by atoms with E-state index in [1.807, 2.05) is 55.0 Å². The van der Waals surface area contributed by atoms with Gasteiger partial charge in [0, 0.05) is 65.4 Å². The average Bonchev–Trinajstić information content (AvgIpc) is 2.78. The molecule has 0 unspecified atom stereocenters. The molecule has 0 atom stereocenters. The molecule has 0 N–H and O–H groups in total. The third-order valence-corrected chi connectivity index (χ3v) is 5.28. The lowest BCUT2D eigenvalue weighted by Gasteiger charge is -2.36. The summed E-state index contributed by atoms with van der Waals surface area (Å²) in [4.78, 5) is 29.5. The number of carbonyl (C=O) groups is 1. The molecule has 0 spiro atoms. The molecule has 1 saturated heterocycles. The van der Waals surface area contributed by atoms with Gasteiger partial charge in [-0.1, -0.05) is 0 Å². The van der Waals surface area contributed by atoms with Crippen molar-refractivity contribution >= 4 is 34.1 Å². The topological polar surface area (TPSA) is 81.6 Å². The second-order valence-corrected chi connectivity index (χ2v) is 7.74. The van der Waals surface area contributed by atoms with Gasteiger partial charge < -0.3 is 19.6 Å². The summed E-state index contributed by atoms with van der Waals surface area (Å²) in [6.45, 7) is 2.79. The summed E-state index contributed by atoms with van der Waals surface area (Å²) < 4.78 is 0. The maximum absolute atomic E-state index is 12.8. The fourth-order valence-electron chi connectivity index (χ4n) is 3.59. The Labute approximate surface area is 175 Å². The van der Waals surface area contributed by atoms with Crippen molar-refractivity contribution in [3.8, 4) is 0 Å². The number of carbonyl (C=O) groups excluding carboxylic acids is 1. The molecule has 9 nitrogen and oxygen atoms in total. The zero-order valence-corrected chi connectivity index (χ0v) is 17.8. The van der Waals surface area contributed by atoms with Crippen LogP contribution in [0.3, 0.4) is 0 Å². The Morgan fingerprint density at radius 1 is 0.900 bits per heavy atom. The smallest absolute Gasteiger partial charge is 0.274 e. The van der Waals surface area contributed by atoms with Gasteiger partial charge in [-0.25, -0.2) is 9.97 Å². The van der Waals surface area contributed by atoms with Gasteiger partial charge in [0.2, 0.25) is 0 Å². The van der Waals surface area contributed by atoms with Gasteiger partial charge in [0.1, 0.15) is 12.1 Å². The number of benzene rings is 1. The lowest BCUT2D eigenvalue weighted by atomic mass is 10.1. The van der Waals surface area contributed by atoms with Gasteiger partial charge in [-0.3, -0.25) is 4.79 Å². The summed E-state index contributed by atoms with van der Waals surface area (Å²) >= 11 is 0. The summed E-state index contributed by atoms with van der Waals surface area (Å²) in [7, 11) is 7.75. The van der Waals surface area contributed by atoms with Crippen molar-refractivity contribution in [3.63, 3.8) is 0 Å². The van der Waals surface area contributed by atoms with E-state index in [0.29, 0.717) is 18.8 Å². The van der Waals surface area contributed by atoms with Crippen LogP contribution in [0.5, 0.6) is 0 Å². The largest absolute Gasteiger partial charge is 0.368 e. The standard InChI is InChI=1S/C21H26N8O/c1-26(2)19-8-7-18(24-25-19)21(30)29-11-9-28(10-12-29)15-5-6-17-16(13-15)20(27(3)4)23-14-22-17/h5-8,13-14H,9-12H2,1-4H3. The summed E-state index contributed by atoms with van der Waals surface area (Å²) in [5.41, 5.74) is 2.42. The van der Waals surface area contributed by atoms with E-state index >= 15 is 0 Å². The van der Waals surface area contributed by atoms with Crippen molar-refractivity contribution < 1.29 is 4.79 Å². The molecule has 30 heavy (non-hydrogen) atoms. The number of anilines is 3. The number of aromatic nitrogens is 4. The highest BCUT2D eigenvalue weighted by Gasteiger charge is 2.24. The Bertz CT molecular complexity index is 1040. The third kappa shape index (κ3) is 3.83. The molecule has 1 amide bonds. The van der Waals surface area contributed by atoms with E-state index in [4.69, 9.17) is 0 Å². The van der Waals surface area contributed by atoms with Crippen molar-refractivity contribution in [2.45, 2.75) is 0 Å². The van der Waals surface area contributed by atoms with Crippen LogP contribution in [0.1, 0.15) is 10.5 Å². The molecule has 3 heterocycles. The highest BCUT2D eigenvalue weighted by atomic mass is 16.2. The normalized spacial score (nSPS) is 14.1. The molecule has 0 aliphatic carbocycles. The number of nitrogens with zero attached hydrogens (tertiary/aromatic N) is 8. The molecular weight excluding hydrogens is 380 g/mol. The highest BCUT2D eigenvalue weighted by molar-refractivity contribution is 5.93. The van der Waals surface area contributed by atoms with Gasteiger partial charge in [0.15, 0.2) is 11.5 Å². The quantitative estimate of drug-likeness (QED) is 0.645. The maximum Gasteiger partial charge on any atom is 0.274 e. The summed E-state index contributed by atoms with van der Waals surface area (Å²) in [6.07, 6.45) is 1.59. The molecule has 3 aromatic rings. The van der Waals surface area contributed by atoms with Crippen LogP contribution in [0, 0.1) is 0 Å². The van der Waals surface area contributed by atoms with Crippen molar-refractivity contribution in [1.82, 2.24) is 25.1 Å². The first-order chi connectivity index (χ1) is 14.4. The Morgan fingerprint density at radius 2 is 1.67 bits per heavy atom. The molecule has 0 bridgehead atoms. The van der Waals surface area contributed by atoms with E-state index < -0.39 is 0 Å². The lowest BCUT2D eigenvalue weighted by Crippen LogP contribution is -2.49. The van der Waals surface area contributed by atoms with Crippen LogP contribution in [0.4, 0.5) is 17.3 Å². The van der Waals surface area contributed by atoms with Crippen molar-refractivity contribution in [1.29, 1.82) is 0 Å². The molecule has 156 valence electrons. The minimum atomic E-state index is -0.0748. The molecule has 0 saturated carbocycles. The van der Waals surface area contributed by atoms with E-state index in [9.17, 15) is 4.79 Å². The van der Waals surface area contributed by atoms with Crippen molar-refractivity contribution in [3.05, 3.63) is 42.4 Å². The predicted octanol–water partition coefficient (Wildman–Crippen LogP) is 1.51. The van der Waals surface area contributed by atoms with Crippen LogP contribution in [0.25, 0.3) is 10.9 Å². The Hall–Kier alpha value is -3.49. The monoisotopic (exact) mass is 406 g/mol. The van der Waals surface area contributed by atoms with Gasteiger partial charge in [0.25, 0.3) is 5.91 Å². The van der Waals surface area contributed by atoms with E-state index in [1.165, 1.54) is 0 Å². The fourth-order valence-corrected chi connectivity index (χ4v) is 3.59. The molecule has 0 radical (unpaired) electrons. The van der Waals surface area contributed by atoms with Crippen LogP contribution < -0.4 is 14.7 Å². The summed E-state index contributed by atoms with van der Waals surface area (Å²) in [5, 5.41) is 9.23. The van der Waals surface area contributed by atoms with Crippen LogP contribution in [-0.2, 0) is 0 Å². The SMILES string of the molecule is CN(C)c1ccc(C(=O)N2CCN(c3ccc4ncnc(N(C)C)c4c3)CC2)nn1. The molecule has 1 fully saturated rings. The van der Waals surface area contributed by atoms with Gasteiger partial charge in [0.05, 0.1) is 5.52 Å². The number of amides is 1. The Balaban J connectivity index is 1.46. The lowest BCUT2D eigenvalue weighted by molar-refractivity contribution is 0.0739. The Kier molecular flexibility index (Phi) is 5.35. The van der Waals surface area contributed by atoms with Crippen LogP contribution >= 0.6 is 0 Å². The first-order valence-electron chi connectivity index (χ1n) is 9.91. The zero-order valence-electron chi connectivity index (χ0n) is 17.8. The Morgan fingerprint density at radius 3 is 2.30 bits per heavy atom. The third-order valence-electron chi connectivity index (χ3n) is 5.28. The van der Waals surface area contributed by atoms with Crippen molar-refractivity contribution in [2.24, 2.45) is 0 Å². The fraction of sp³-hybridized carbons (Fsp3) is 0.381. The van der Waals surface area contributed by atoms with E-state index in [-0.39, 0.29) is 5.91 Å².